The highest BCUT2D eigenvalue weighted by molar-refractivity contribution is 7.07. The van der Waals surface area contributed by atoms with Crippen molar-refractivity contribution in [1.29, 1.82) is 0 Å². The van der Waals surface area contributed by atoms with Gasteiger partial charge in [0.15, 0.2) is 22.9 Å². The summed E-state index contributed by atoms with van der Waals surface area (Å²) in [5.41, 5.74) is 2.71. The molecule has 1 aliphatic rings. The monoisotopic (exact) mass is 674 g/mol. The van der Waals surface area contributed by atoms with E-state index >= 15 is 0 Å². The summed E-state index contributed by atoms with van der Waals surface area (Å²) in [6, 6.07) is 12.7. The molecule has 0 saturated carbocycles. The first-order valence-electron chi connectivity index (χ1n) is 15.0. The van der Waals surface area contributed by atoms with Gasteiger partial charge in [0.25, 0.3) is 5.56 Å². The number of hydrogen-bond donors (Lipinski definition) is 0. The van der Waals surface area contributed by atoms with Gasteiger partial charge in [-0.2, -0.15) is 0 Å². The summed E-state index contributed by atoms with van der Waals surface area (Å²) < 4.78 is 34.2. The fourth-order valence-electron chi connectivity index (χ4n) is 5.22. The third-order valence-corrected chi connectivity index (χ3v) is 8.48. The molecule has 1 aliphatic heterocycles. The Morgan fingerprint density at radius 3 is 2.44 bits per heavy atom. The van der Waals surface area contributed by atoms with Crippen molar-refractivity contribution in [2.45, 2.75) is 33.7 Å². The number of carbonyl (C=O) groups excluding carboxylic acids is 3. The SMILES string of the molecule is CCOC(=O)C1=C(C)N=c2s/c(=C\c3ccc(-c4cc(C(=O)OC)ccc4C)o3)c(=O)n2[C@H]1c1ccc(OCC(=O)OC)c(OCC)c1. The first-order valence-corrected chi connectivity index (χ1v) is 15.9. The lowest BCUT2D eigenvalue weighted by Gasteiger charge is -2.25. The van der Waals surface area contributed by atoms with Gasteiger partial charge in [-0.05, 0) is 75.2 Å². The molecule has 0 spiro atoms. The van der Waals surface area contributed by atoms with Gasteiger partial charge in [-0.15, -0.1) is 0 Å². The first-order chi connectivity index (χ1) is 23.1. The third-order valence-electron chi connectivity index (χ3n) is 7.50. The first kappa shape index (κ1) is 33.9. The number of benzene rings is 2. The zero-order chi connectivity index (χ0) is 34.5. The van der Waals surface area contributed by atoms with Crippen LogP contribution in [0, 0.1) is 6.92 Å². The fraction of sp³-hybridized carbons (Fsp3) is 0.286. The van der Waals surface area contributed by atoms with Crippen molar-refractivity contribution in [1.82, 2.24) is 4.57 Å². The van der Waals surface area contributed by atoms with Gasteiger partial charge in [0.2, 0.25) is 0 Å². The molecular formula is C35H34N2O10S. The van der Waals surface area contributed by atoms with Crippen LogP contribution < -0.4 is 24.4 Å². The Kier molecular flexibility index (Phi) is 10.3. The third kappa shape index (κ3) is 6.81. The van der Waals surface area contributed by atoms with Gasteiger partial charge in [0.05, 0.1) is 54.8 Å². The molecule has 0 aliphatic carbocycles. The summed E-state index contributed by atoms with van der Waals surface area (Å²) in [6.07, 6.45) is 1.61. The molecule has 0 saturated heterocycles. The predicted octanol–water partition coefficient (Wildman–Crippen LogP) is 4.10. The molecule has 1 atom stereocenters. The second kappa shape index (κ2) is 14.6. The minimum atomic E-state index is -0.910. The van der Waals surface area contributed by atoms with Crippen molar-refractivity contribution < 1.29 is 42.5 Å². The van der Waals surface area contributed by atoms with Gasteiger partial charge in [-0.25, -0.2) is 19.4 Å². The van der Waals surface area contributed by atoms with E-state index in [9.17, 15) is 19.2 Å². The average Bonchev–Trinajstić information content (AvgIpc) is 3.66. The highest BCUT2D eigenvalue weighted by Gasteiger charge is 2.34. The zero-order valence-electron chi connectivity index (χ0n) is 27.3. The van der Waals surface area contributed by atoms with E-state index in [0.717, 1.165) is 16.9 Å². The summed E-state index contributed by atoms with van der Waals surface area (Å²) in [7, 11) is 2.58. The van der Waals surface area contributed by atoms with Gasteiger partial charge in [-0.3, -0.25) is 9.36 Å². The topological polar surface area (TPSA) is 145 Å². The number of aryl methyl sites for hydroxylation is 1. The van der Waals surface area contributed by atoms with Crippen LogP contribution in [0.1, 0.15) is 54.1 Å². The van der Waals surface area contributed by atoms with E-state index in [1.807, 2.05) is 6.92 Å². The van der Waals surface area contributed by atoms with Crippen LogP contribution in [0.2, 0.25) is 0 Å². The van der Waals surface area contributed by atoms with E-state index in [2.05, 4.69) is 9.73 Å². The van der Waals surface area contributed by atoms with Gasteiger partial charge < -0.3 is 28.1 Å². The van der Waals surface area contributed by atoms with Crippen LogP contribution >= 0.6 is 11.3 Å². The zero-order valence-corrected chi connectivity index (χ0v) is 28.1. The molecule has 2 aromatic heterocycles. The smallest absolute Gasteiger partial charge is 0.343 e. The molecule has 0 unspecified atom stereocenters. The van der Waals surface area contributed by atoms with Crippen molar-refractivity contribution in [3.05, 3.63) is 102 Å². The van der Waals surface area contributed by atoms with Crippen LogP contribution in [0.25, 0.3) is 17.4 Å². The Balaban J connectivity index is 1.61. The molecule has 13 heteroatoms. The Morgan fingerprint density at radius 1 is 0.938 bits per heavy atom. The van der Waals surface area contributed by atoms with E-state index in [1.54, 1.807) is 75.4 Å². The molecule has 0 radical (unpaired) electrons. The maximum Gasteiger partial charge on any atom is 0.343 e. The van der Waals surface area contributed by atoms with Crippen molar-refractivity contribution in [3.8, 4) is 22.8 Å². The van der Waals surface area contributed by atoms with E-state index in [1.165, 1.54) is 18.8 Å². The highest BCUT2D eigenvalue weighted by atomic mass is 32.1. The van der Waals surface area contributed by atoms with Crippen molar-refractivity contribution >= 4 is 35.3 Å². The molecule has 4 aromatic rings. The number of fused-ring (bicyclic) bond motifs is 1. The Hall–Kier alpha value is -5.43. The number of carbonyl (C=O) groups is 3. The predicted molar refractivity (Wildman–Crippen MR) is 176 cm³/mol. The Morgan fingerprint density at radius 2 is 1.73 bits per heavy atom. The van der Waals surface area contributed by atoms with Crippen LogP contribution in [0.3, 0.4) is 0 Å². The van der Waals surface area contributed by atoms with Crippen LogP contribution in [-0.2, 0) is 23.8 Å². The van der Waals surface area contributed by atoms with Gasteiger partial charge >= 0.3 is 17.9 Å². The fourth-order valence-corrected chi connectivity index (χ4v) is 6.25. The van der Waals surface area contributed by atoms with Gasteiger partial charge in [-0.1, -0.05) is 23.5 Å². The van der Waals surface area contributed by atoms with Crippen LogP contribution in [0.5, 0.6) is 11.5 Å². The number of allylic oxidation sites excluding steroid dienone is 1. The standard InChI is InChI=1S/C35H34N2O10S/c1-7-44-27-16-21(11-13-26(27)46-18-29(38)42-5)31-30(34(41)45-8-2)20(4)36-35-37(31)32(39)28(48-35)17-23-12-14-25(47-23)24-15-22(33(40)43-6)10-9-19(24)3/h9-17,31H,7-8,18H2,1-6H3/b28-17-/t31-/m0/s1. The second-order valence-electron chi connectivity index (χ2n) is 10.5. The molecule has 12 nitrogen and oxygen atoms in total. The van der Waals surface area contributed by atoms with Crippen LogP contribution in [0.15, 0.2) is 74.0 Å². The minimum Gasteiger partial charge on any atom is -0.490 e. The Labute approximate surface area is 279 Å². The maximum absolute atomic E-state index is 14.1. The van der Waals surface area contributed by atoms with E-state index in [0.29, 0.717) is 49.0 Å². The molecule has 5 rings (SSSR count). The van der Waals surface area contributed by atoms with Gasteiger partial charge in [0, 0.05) is 11.6 Å². The van der Waals surface area contributed by atoms with Crippen LogP contribution in [-0.4, -0.2) is 56.5 Å². The second-order valence-corrected chi connectivity index (χ2v) is 11.5. The number of hydrogen-bond acceptors (Lipinski definition) is 12. The number of aromatic nitrogens is 1. The van der Waals surface area contributed by atoms with Gasteiger partial charge in [0.1, 0.15) is 11.5 Å². The molecule has 0 amide bonds. The summed E-state index contributed by atoms with van der Waals surface area (Å²) in [6.45, 7) is 7.17. The summed E-state index contributed by atoms with van der Waals surface area (Å²) in [5.74, 6) is -0.123. The summed E-state index contributed by atoms with van der Waals surface area (Å²) in [4.78, 5) is 56.3. The number of esters is 3. The molecule has 0 N–H and O–H groups in total. The number of rotatable bonds is 11. The lowest BCUT2D eigenvalue weighted by atomic mass is 9.95. The van der Waals surface area contributed by atoms with E-state index in [4.69, 9.17) is 23.4 Å². The Bertz CT molecular complexity index is 2100. The number of methoxy groups -OCH3 is 2. The lowest BCUT2D eigenvalue weighted by molar-refractivity contribution is -0.143. The normalized spacial score (nSPS) is 14.2. The average molecular weight is 675 g/mol. The van der Waals surface area contributed by atoms with Crippen molar-refractivity contribution in [3.63, 3.8) is 0 Å². The molecular weight excluding hydrogens is 640 g/mol. The van der Waals surface area contributed by atoms with Crippen LogP contribution in [0.4, 0.5) is 0 Å². The quantitative estimate of drug-likeness (QED) is 0.168. The highest BCUT2D eigenvalue weighted by Crippen LogP contribution is 2.36. The lowest BCUT2D eigenvalue weighted by Crippen LogP contribution is -2.40. The molecule has 3 heterocycles. The number of furan rings is 1. The molecule has 250 valence electrons. The molecule has 2 aromatic carbocycles. The summed E-state index contributed by atoms with van der Waals surface area (Å²) in [5, 5.41) is 0. The number of nitrogens with zero attached hydrogens (tertiary/aromatic N) is 2. The largest absolute Gasteiger partial charge is 0.490 e. The number of thiazole rings is 1. The molecule has 0 bridgehead atoms. The van der Waals surface area contributed by atoms with E-state index in [-0.39, 0.29) is 31.1 Å². The van der Waals surface area contributed by atoms with Crippen molar-refractivity contribution in [2.24, 2.45) is 4.99 Å². The maximum atomic E-state index is 14.1. The molecule has 48 heavy (non-hydrogen) atoms. The van der Waals surface area contributed by atoms with Crippen molar-refractivity contribution in [2.75, 3.05) is 34.0 Å². The molecule has 0 fully saturated rings. The number of ether oxygens (including phenoxy) is 5. The minimum absolute atomic E-state index is 0.125. The summed E-state index contributed by atoms with van der Waals surface area (Å²) >= 11 is 1.15. The van der Waals surface area contributed by atoms with E-state index < -0.39 is 29.5 Å².